The topological polar surface area (TPSA) is 129 Å². The SMILES string of the molecule is C=CCOC1CC(n2cc(CNC(=O)C(F)(F)F)c(N)nc2=O)OC1CO. The Morgan fingerprint density at radius 3 is 2.89 bits per heavy atom. The predicted molar refractivity (Wildman–Crippen MR) is 86.4 cm³/mol. The van der Waals surface area contributed by atoms with E-state index in [0.717, 1.165) is 10.8 Å². The van der Waals surface area contributed by atoms with Crippen molar-refractivity contribution in [2.24, 2.45) is 0 Å². The lowest BCUT2D eigenvalue weighted by Crippen LogP contribution is -2.37. The van der Waals surface area contributed by atoms with Crippen molar-refractivity contribution in [2.45, 2.75) is 37.6 Å². The lowest BCUT2D eigenvalue weighted by atomic mass is 10.2. The van der Waals surface area contributed by atoms with Crippen molar-refractivity contribution in [3.63, 3.8) is 0 Å². The normalized spacial score (nSPS) is 22.6. The van der Waals surface area contributed by atoms with Gasteiger partial charge in [-0.25, -0.2) is 4.79 Å². The van der Waals surface area contributed by atoms with Gasteiger partial charge in [-0.05, 0) is 0 Å². The highest BCUT2D eigenvalue weighted by Gasteiger charge is 2.39. The number of carbonyl (C=O) groups excluding carboxylic acids is 1. The molecule has 1 saturated heterocycles. The van der Waals surface area contributed by atoms with E-state index in [2.05, 4.69) is 11.6 Å². The van der Waals surface area contributed by atoms with Crippen molar-refractivity contribution in [1.29, 1.82) is 0 Å². The van der Waals surface area contributed by atoms with Crippen molar-refractivity contribution >= 4 is 11.7 Å². The second kappa shape index (κ2) is 8.50. The summed E-state index contributed by atoms with van der Waals surface area (Å²) in [5, 5.41) is 11.0. The van der Waals surface area contributed by atoms with Gasteiger partial charge in [-0.3, -0.25) is 9.36 Å². The van der Waals surface area contributed by atoms with E-state index in [4.69, 9.17) is 15.2 Å². The molecule has 4 N–H and O–H groups in total. The Kier molecular flexibility index (Phi) is 6.57. The molecule has 1 fully saturated rings. The number of aliphatic hydroxyl groups is 1. The molecule has 0 radical (unpaired) electrons. The average Bonchev–Trinajstić information content (AvgIpc) is 3.01. The molecule has 0 aliphatic carbocycles. The van der Waals surface area contributed by atoms with Gasteiger partial charge < -0.3 is 25.6 Å². The van der Waals surface area contributed by atoms with Gasteiger partial charge in [0.2, 0.25) is 0 Å². The first-order chi connectivity index (χ1) is 12.7. The Hall–Kier alpha value is -2.44. The summed E-state index contributed by atoms with van der Waals surface area (Å²) in [5.41, 5.74) is 4.78. The molecule has 12 heteroatoms. The van der Waals surface area contributed by atoms with Gasteiger partial charge in [0.25, 0.3) is 0 Å². The molecule has 0 bridgehead atoms. The van der Waals surface area contributed by atoms with E-state index in [9.17, 15) is 27.9 Å². The fraction of sp³-hybridized carbons (Fsp3) is 0.533. The maximum Gasteiger partial charge on any atom is 0.471 e. The summed E-state index contributed by atoms with van der Waals surface area (Å²) in [6.07, 6.45) is -4.26. The fourth-order valence-corrected chi connectivity index (χ4v) is 2.54. The number of nitrogen functional groups attached to an aromatic ring is 1. The number of aliphatic hydroxyl groups excluding tert-OH is 1. The summed E-state index contributed by atoms with van der Waals surface area (Å²) < 4.78 is 48.9. The Balaban J connectivity index is 2.19. The second-order valence-electron chi connectivity index (χ2n) is 5.73. The summed E-state index contributed by atoms with van der Waals surface area (Å²) in [5.74, 6) is -2.45. The summed E-state index contributed by atoms with van der Waals surface area (Å²) in [7, 11) is 0. The number of rotatable bonds is 7. The molecule has 2 rings (SSSR count). The number of amides is 1. The number of alkyl halides is 3. The standard InChI is InChI=1S/C15H19F3N4O5/c1-2-3-26-9-4-11(27-10(9)7-23)22-6-8(12(19)21-14(22)25)5-20-13(24)15(16,17)18/h2,6,9-11,23H,1,3-5,7H2,(H,20,24)(H2,19,21,25). The summed E-state index contributed by atoms with van der Waals surface area (Å²) >= 11 is 0. The van der Waals surface area contributed by atoms with Crippen LogP contribution in [0.5, 0.6) is 0 Å². The number of aromatic nitrogens is 2. The van der Waals surface area contributed by atoms with Crippen molar-refractivity contribution in [1.82, 2.24) is 14.9 Å². The number of hydrogen-bond donors (Lipinski definition) is 3. The lowest BCUT2D eigenvalue weighted by molar-refractivity contribution is -0.173. The van der Waals surface area contributed by atoms with Crippen molar-refractivity contribution in [2.75, 3.05) is 18.9 Å². The highest BCUT2D eigenvalue weighted by atomic mass is 19.4. The van der Waals surface area contributed by atoms with Crippen LogP contribution in [0.25, 0.3) is 0 Å². The van der Waals surface area contributed by atoms with Gasteiger partial charge in [0.05, 0.1) is 19.3 Å². The van der Waals surface area contributed by atoms with Crippen molar-refractivity contribution in [3.05, 3.63) is 34.9 Å². The molecule has 1 aliphatic rings. The first kappa shape index (κ1) is 20.9. The third-order valence-corrected chi connectivity index (χ3v) is 3.86. The Bertz CT molecular complexity index is 752. The minimum Gasteiger partial charge on any atom is -0.394 e. The minimum atomic E-state index is -5.05. The number of carbonyl (C=O) groups is 1. The van der Waals surface area contributed by atoms with Crippen LogP contribution in [0.15, 0.2) is 23.6 Å². The molecule has 3 atom stereocenters. The molecule has 1 aromatic rings. The largest absolute Gasteiger partial charge is 0.471 e. The zero-order valence-electron chi connectivity index (χ0n) is 14.1. The van der Waals surface area contributed by atoms with Crippen LogP contribution in [0.4, 0.5) is 19.0 Å². The van der Waals surface area contributed by atoms with Gasteiger partial charge in [-0.1, -0.05) is 6.08 Å². The van der Waals surface area contributed by atoms with Gasteiger partial charge in [0.15, 0.2) is 0 Å². The number of nitrogens with one attached hydrogen (secondary N) is 1. The molecule has 150 valence electrons. The molecule has 1 amide bonds. The maximum absolute atomic E-state index is 12.3. The van der Waals surface area contributed by atoms with Crippen LogP contribution in [-0.2, 0) is 20.8 Å². The Morgan fingerprint density at radius 2 is 2.30 bits per heavy atom. The third kappa shape index (κ3) is 5.05. The fourth-order valence-electron chi connectivity index (χ4n) is 2.54. The highest BCUT2D eigenvalue weighted by molar-refractivity contribution is 5.81. The zero-order chi connectivity index (χ0) is 20.2. The van der Waals surface area contributed by atoms with Gasteiger partial charge >= 0.3 is 17.8 Å². The van der Waals surface area contributed by atoms with E-state index in [0.29, 0.717) is 0 Å². The molecule has 0 aromatic carbocycles. The molecule has 27 heavy (non-hydrogen) atoms. The summed E-state index contributed by atoms with van der Waals surface area (Å²) in [4.78, 5) is 26.6. The number of halogens is 3. The molecule has 9 nitrogen and oxygen atoms in total. The van der Waals surface area contributed by atoms with Crippen LogP contribution in [0.1, 0.15) is 18.2 Å². The van der Waals surface area contributed by atoms with E-state index in [1.807, 2.05) is 0 Å². The number of ether oxygens (including phenoxy) is 2. The predicted octanol–water partition coefficient (Wildman–Crippen LogP) is -0.145. The van der Waals surface area contributed by atoms with Crippen LogP contribution in [0, 0.1) is 0 Å². The Morgan fingerprint density at radius 1 is 1.59 bits per heavy atom. The highest BCUT2D eigenvalue weighted by Crippen LogP contribution is 2.30. The third-order valence-electron chi connectivity index (χ3n) is 3.86. The Labute approximate surface area is 151 Å². The number of hydrogen-bond acceptors (Lipinski definition) is 7. The minimum absolute atomic E-state index is 0.00630. The van der Waals surface area contributed by atoms with Crippen LogP contribution in [0.2, 0.25) is 0 Å². The van der Waals surface area contributed by atoms with Gasteiger partial charge in [-0.15, -0.1) is 6.58 Å². The number of anilines is 1. The number of nitrogens with zero attached hydrogens (tertiary/aromatic N) is 2. The summed E-state index contributed by atoms with van der Waals surface area (Å²) in [6, 6.07) is 0. The van der Waals surface area contributed by atoms with Gasteiger partial charge in [0.1, 0.15) is 18.1 Å². The zero-order valence-corrected chi connectivity index (χ0v) is 14.1. The first-order valence-electron chi connectivity index (χ1n) is 7.88. The van der Waals surface area contributed by atoms with Crippen molar-refractivity contribution < 1.29 is 32.5 Å². The lowest BCUT2D eigenvalue weighted by Gasteiger charge is -2.16. The van der Waals surface area contributed by atoms with Crippen LogP contribution < -0.4 is 16.7 Å². The smallest absolute Gasteiger partial charge is 0.394 e. The van der Waals surface area contributed by atoms with Crippen molar-refractivity contribution in [3.8, 4) is 0 Å². The van der Waals surface area contributed by atoms with Crippen LogP contribution in [0.3, 0.4) is 0 Å². The number of nitrogens with two attached hydrogens (primary N) is 1. The molecule has 1 aromatic heterocycles. The van der Waals surface area contributed by atoms with Gasteiger partial charge in [-0.2, -0.15) is 18.2 Å². The van der Waals surface area contributed by atoms with Crippen LogP contribution in [-0.4, -0.2) is 52.2 Å². The van der Waals surface area contributed by atoms with E-state index in [1.165, 1.54) is 6.08 Å². The molecular weight excluding hydrogens is 373 g/mol. The van der Waals surface area contributed by atoms with E-state index in [1.54, 1.807) is 5.32 Å². The molecule has 0 spiro atoms. The maximum atomic E-state index is 12.3. The first-order valence-corrected chi connectivity index (χ1v) is 7.88. The second-order valence-corrected chi connectivity index (χ2v) is 5.73. The average molecular weight is 392 g/mol. The van der Waals surface area contributed by atoms with E-state index < -0.39 is 42.8 Å². The molecule has 2 heterocycles. The van der Waals surface area contributed by atoms with Crippen LogP contribution >= 0.6 is 0 Å². The molecule has 1 aliphatic heterocycles. The van der Waals surface area contributed by atoms with E-state index >= 15 is 0 Å². The summed E-state index contributed by atoms with van der Waals surface area (Å²) in [6.45, 7) is 2.79. The quantitative estimate of drug-likeness (QED) is 0.551. The van der Waals surface area contributed by atoms with Gasteiger partial charge in [0, 0.05) is 24.7 Å². The molecular formula is C15H19F3N4O5. The molecule has 0 saturated carbocycles. The molecule has 3 unspecified atom stereocenters. The van der Waals surface area contributed by atoms with E-state index in [-0.39, 0.29) is 31.0 Å². The monoisotopic (exact) mass is 392 g/mol.